The van der Waals surface area contributed by atoms with Crippen molar-refractivity contribution in [1.82, 2.24) is 0 Å². The molecule has 0 spiro atoms. The molecular weight excluding hydrogens is 232 g/mol. The van der Waals surface area contributed by atoms with Gasteiger partial charge in [-0.05, 0) is 23.9 Å². The molecule has 2 aromatic rings. The van der Waals surface area contributed by atoms with Crippen LogP contribution < -0.4 is 0 Å². The molecule has 80 valence electrons. The summed E-state index contributed by atoms with van der Waals surface area (Å²) in [5.74, 6) is 0. The van der Waals surface area contributed by atoms with Crippen LogP contribution in [0.3, 0.4) is 0 Å². The van der Waals surface area contributed by atoms with E-state index in [1.807, 2.05) is 24.3 Å². The fourth-order valence-corrected chi connectivity index (χ4v) is 3.92. The van der Waals surface area contributed by atoms with Crippen molar-refractivity contribution in [3.63, 3.8) is 0 Å². The van der Waals surface area contributed by atoms with Crippen LogP contribution in [0.15, 0.2) is 28.5 Å². The number of hydrogen-bond acceptors (Lipinski definition) is 4. The Kier molecular flexibility index (Phi) is 2.54. The van der Waals surface area contributed by atoms with Crippen LogP contribution in [0.1, 0.15) is 5.56 Å². The van der Waals surface area contributed by atoms with Crippen LogP contribution in [-0.2, 0) is 14.3 Å². The summed E-state index contributed by atoms with van der Waals surface area (Å²) in [6, 6.07) is 7.60. The molecule has 0 bridgehead atoms. The molecule has 0 fully saturated rings. The van der Waals surface area contributed by atoms with E-state index in [0.717, 1.165) is 15.6 Å². The molecule has 0 N–H and O–H groups in total. The molecule has 0 unspecified atom stereocenters. The van der Waals surface area contributed by atoms with Gasteiger partial charge in [-0.25, -0.2) is 0 Å². The minimum atomic E-state index is -3.57. The molecule has 1 heterocycles. The molecule has 0 aliphatic carbocycles. The minimum absolute atomic E-state index is 0.297. The molecule has 0 atom stereocenters. The van der Waals surface area contributed by atoms with Crippen molar-refractivity contribution < 1.29 is 12.6 Å². The lowest BCUT2D eigenvalue weighted by Gasteiger charge is -1.98. The summed E-state index contributed by atoms with van der Waals surface area (Å²) >= 11 is 1.24. The van der Waals surface area contributed by atoms with Gasteiger partial charge in [-0.15, -0.1) is 11.3 Å². The van der Waals surface area contributed by atoms with Crippen molar-refractivity contribution in [2.75, 3.05) is 7.11 Å². The summed E-state index contributed by atoms with van der Waals surface area (Å²) in [5, 5.41) is 0.970. The highest BCUT2D eigenvalue weighted by molar-refractivity contribution is 7.89. The van der Waals surface area contributed by atoms with E-state index in [0.29, 0.717) is 4.21 Å². The van der Waals surface area contributed by atoms with E-state index in [4.69, 9.17) is 0 Å². The number of aryl methyl sites for hydroxylation is 1. The Labute approximate surface area is 92.4 Å². The van der Waals surface area contributed by atoms with Crippen molar-refractivity contribution in [3.8, 4) is 0 Å². The number of rotatable bonds is 2. The Morgan fingerprint density at radius 1 is 1.27 bits per heavy atom. The van der Waals surface area contributed by atoms with Gasteiger partial charge in [0.05, 0.1) is 7.11 Å². The number of fused-ring (bicyclic) bond motifs is 1. The zero-order valence-corrected chi connectivity index (χ0v) is 9.98. The summed E-state index contributed by atoms with van der Waals surface area (Å²) < 4.78 is 28.9. The maximum Gasteiger partial charge on any atom is 0.306 e. The van der Waals surface area contributed by atoms with Crippen LogP contribution in [0.25, 0.3) is 10.1 Å². The van der Waals surface area contributed by atoms with Crippen LogP contribution in [0.2, 0.25) is 0 Å². The van der Waals surface area contributed by atoms with Gasteiger partial charge in [-0.3, -0.25) is 4.18 Å². The summed E-state index contributed by atoms with van der Waals surface area (Å²) in [4.78, 5) is 0. The monoisotopic (exact) mass is 242 g/mol. The second kappa shape index (κ2) is 3.59. The third-order valence-electron chi connectivity index (χ3n) is 2.25. The van der Waals surface area contributed by atoms with Crippen molar-refractivity contribution in [2.45, 2.75) is 11.1 Å². The van der Waals surface area contributed by atoms with Gasteiger partial charge in [-0.1, -0.05) is 18.2 Å². The summed E-state index contributed by atoms with van der Waals surface area (Å²) in [6.45, 7) is 1.80. The molecule has 0 aliphatic heterocycles. The number of hydrogen-bond donors (Lipinski definition) is 0. The summed E-state index contributed by atoms with van der Waals surface area (Å²) in [7, 11) is -2.39. The van der Waals surface area contributed by atoms with Gasteiger partial charge >= 0.3 is 10.1 Å². The second-order valence-electron chi connectivity index (χ2n) is 3.13. The van der Waals surface area contributed by atoms with Gasteiger partial charge in [0.2, 0.25) is 0 Å². The lowest BCUT2D eigenvalue weighted by Crippen LogP contribution is -2.01. The maximum absolute atomic E-state index is 11.6. The average Bonchev–Trinajstić information content (AvgIpc) is 2.58. The fraction of sp³-hybridized carbons (Fsp3) is 0.200. The lowest BCUT2D eigenvalue weighted by molar-refractivity contribution is 0.399. The average molecular weight is 242 g/mol. The molecule has 3 nitrogen and oxygen atoms in total. The van der Waals surface area contributed by atoms with E-state index in [9.17, 15) is 8.42 Å². The van der Waals surface area contributed by atoms with E-state index in [1.54, 1.807) is 6.92 Å². The molecule has 1 aromatic carbocycles. The van der Waals surface area contributed by atoms with Crippen LogP contribution in [0, 0.1) is 6.92 Å². The molecule has 0 radical (unpaired) electrons. The Morgan fingerprint density at radius 2 is 1.93 bits per heavy atom. The highest BCUT2D eigenvalue weighted by atomic mass is 32.3. The largest absolute Gasteiger partial charge is 0.306 e. The van der Waals surface area contributed by atoms with Gasteiger partial charge in [0.15, 0.2) is 4.21 Å². The SMILES string of the molecule is COS(=O)(=O)c1sc2ccccc2c1C. The Bertz CT molecular complexity index is 596. The van der Waals surface area contributed by atoms with Crippen LogP contribution >= 0.6 is 11.3 Å². The molecule has 0 saturated heterocycles. The highest BCUT2D eigenvalue weighted by Crippen LogP contribution is 2.34. The first kappa shape index (κ1) is 10.6. The van der Waals surface area contributed by atoms with Crippen molar-refractivity contribution >= 4 is 31.5 Å². The summed E-state index contributed by atoms with van der Waals surface area (Å²) in [6.07, 6.45) is 0. The van der Waals surface area contributed by atoms with Gasteiger partial charge in [0.1, 0.15) is 0 Å². The zero-order chi connectivity index (χ0) is 11.1. The predicted octanol–water partition coefficient (Wildman–Crippen LogP) is 2.54. The predicted molar refractivity (Wildman–Crippen MR) is 60.8 cm³/mol. The smallest absolute Gasteiger partial charge is 0.269 e. The quantitative estimate of drug-likeness (QED) is 0.760. The standard InChI is InChI=1S/C10H10O3S2/c1-7-8-5-3-4-6-9(8)14-10(7)15(11,12)13-2/h3-6H,1-2H3. The first-order valence-electron chi connectivity index (χ1n) is 4.35. The lowest BCUT2D eigenvalue weighted by atomic mass is 10.2. The Hall–Kier alpha value is -0.910. The molecule has 0 amide bonds. The molecule has 0 saturated carbocycles. The second-order valence-corrected chi connectivity index (χ2v) is 6.09. The Balaban J connectivity index is 2.80. The molecule has 2 rings (SSSR count). The van der Waals surface area contributed by atoms with E-state index < -0.39 is 10.1 Å². The van der Waals surface area contributed by atoms with E-state index in [2.05, 4.69) is 4.18 Å². The number of thiophene rings is 1. The van der Waals surface area contributed by atoms with E-state index >= 15 is 0 Å². The van der Waals surface area contributed by atoms with Gasteiger partial charge in [0.25, 0.3) is 0 Å². The summed E-state index contributed by atoms with van der Waals surface area (Å²) in [5.41, 5.74) is 0.762. The first-order chi connectivity index (χ1) is 7.06. The third kappa shape index (κ3) is 1.67. The highest BCUT2D eigenvalue weighted by Gasteiger charge is 2.20. The van der Waals surface area contributed by atoms with E-state index in [-0.39, 0.29) is 0 Å². The van der Waals surface area contributed by atoms with Gasteiger partial charge in [-0.2, -0.15) is 8.42 Å². The molecule has 5 heteroatoms. The first-order valence-corrected chi connectivity index (χ1v) is 6.57. The van der Waals surface area contributed by atoms with Crippen molar-refractivity contribution in [1.29, 1.82) is 0 Å². The zero-order valence-electron chi connectivity index (χ0n) is 8.35. The third-order valence-corrected chi connectivity index (χ3v) is 5.38. The Morgan fingerprint density at radius 3 is 2.53 bits per heavy atom. The fourth-order valence-electron chi connectivity index (χ4n) is 1.47. The maximum atomic E-state index is 11.6. The van der Waals surface area contributed by atoms with Gasteiger partial charge in [0, 0.05) is 4.70 Å². The molecular formula is C10H10O3S2. The van der Waals surface area contributed by atoms with Gasteiger partial charge < -0.3 is 0 Å². The molecule has 1 aromatic heterocycles. The minimum Gasteiger partial charge on any atom is -0.269 e. The van der Waals surface area contributed by atoms with Crippen LogP contribution in [0.5, 0.6) is 0 Å². The van der Waals surface area contributed by atoms with Crippen LogP contribution in [-0.4, -0.2) is 15.5 Å². The normalized spacial score (nSPS) is 12.1. The van der Waals surface area contributed by atoms with Crippen molar-refractivity contribution in [2.24, 2.45) is 0 Å². The van der Waals surface area contributed by atoms with E-state index in [1.165, 1.54) is 18.4 Å². The van der Waals surface area contributed by atoms with Crippen molar-refractivity contribution in [3.05, 3.63) is 29.8 Å². The topological polar surface area (TPSA) is 43.4 Å². The number of benzene rings is 1. The van der Waals surface area contributed by atoms with Crippen LogP contribution in [0.4, 0.5) is 0 Å². The molecule has 0 aliphatic rings. The molecule has 15 heavy (non-hydrogen) atoms.